The average molecular weight is 596 g/mol. The summed E-state index contributed by atoms with van der Waals surface area (Å²) in [5, 5.41) is 18.1. The Morgan fingerprint density at radius 2 is 1.56 bits per heavy atom. The van der Waals surface area contributed by atoms with Crippen molar-refractivity contribution in [3.05, 3.63) is 69.1 Å². The van der Waals surface area contributed by atoms with Crippen LogP contribution in [-0.4, -0.2) is 34.7 Å². The molecule has 39 heavy (non-hydrogen) atoms. The topological polar surface area (TPSA) is 104 Å². The zero-order valence-electron chi connectivity index (χ0n) is 19.5. The summed E-state index contributed by atoms with van der Waals surface area (Å²) in [6, 6.07) is 6.59. The lowest BCUT2D eigenvalue weighted by Crippen LogP contribution is -2.28. The quantitative estimate of drug-likeness (QED) is 0.277. The van der Waals surface area contributed by atoms with Gasteiger partial charge in [-0.05, 0) is 35.4 Å². The van der Waals surface area contributed by atoms with E-state index in [-0.39, 0.29) is 32.8 Å². The number of aliphatic carboxylic acids is 1. The van der Waals surface area contributed by atoms with E-state index in [2.05, 4.69) is 0 Å². The number of amides is 1. The highest BCUT2D eigenvalue weighted by Gasteiger charge is 2.37. The van der Waals surface area contributed by atoms with Gasteiger partial charge in [-0.2, -0.15) is 26.3 Å². The number of anilines is 1. The van der Waals surface area contributed by atoms with Gasteiger partial charge < -0.3 is 19.8 Å². The van der Waals surface area contributed by atoms with Crippen LogP contribution < -0.4 is 9.64 Å². The minimum Gasteiger partial charge on any atom is -0.479 e. The minimum atomic E-state index is -5.11. The molecule has 0 aliphatic carbocycles. The van der Waals surface area contributed by atoms with E-state index in [1.54, 1.807) is 0 Å². The molecular formula is C24H16ClF6NO6S. The monoisotopic (exact) mass is 595 g/mol. The summed E-state index contributed by atoms with van der Waals surface area (Å²) >= 11 is 6.93. The van der Waals surface area contributed by atoms with Crippen LogP contribution in [0.15, 0.2) is 42.5 Å². The first-order chi connectivity index (χ1) is 18.0. The molecule has 0 atom stereocenters. The Morgan fingerprint density at radius 3 is 2.05 bits per heavy atom. The van der Waals surface area contributed by atoms with Gasteiger partial charge in [0.25, 0.3) is 0 Å². The molecule has 0 spiro atoms. The number of carboxylic acid groups (broad SMARTS) is 2. The Bertz CT molecular complexity index is 1400. The van der Waals surface area contributed by atoms with Crippen LogP contribution >= 0.6 is 22.9 Å². The van der Waals surface area contributed by atoms with Gasteiger partial charge in [0.2, 0.25) is 5.91 Å². The second-order valence-electron chi connectivity index (χ2n) is 7.96. The van der Waals surface area contributed by atoms with E-state index in [0.29, 0.717) is 23.5 Å². The van der Waals surface area contributed by atoms with Crippen molar-refractivity contribution in [3.8, 4) is 16.2 Å². The highest BCUT2D eigenvalue weighted by atomic mass is 35.5. The Hall–Kier alpha value is -3.78. The number of carboxylic acids is 2. The molecule has 15 heteroatoms. The van der Waals surface area contributed by atoms with E-state index in [1.165, 1.54) is 24.3 Å². The number of thiophene rings is 1. The third-order valence-electron chi connectivity index (χ3n) is 5.14. The minimum absolute atomic E-state index is 0.0503. The van der Waals surface area contributed by atoms with Crippen molar-refractivity contribution in [1.29, 1.82) is 0 Å². The first kappa shape index (κ1) is 29.8. The summed E-state index contributed by atoms with van der Waals surface area (Å²) < 4.78 is 85.0. The fraction of sp³-hybridized carbons (Fsp3) is 0.208. The molecule has 0 fully saturated rings. The molecule has 1 aromatic heterocycles. The maximum Gasteiger partial charge on any atom is 0.416 e. The van der Waals surface area contributed by atoms with Crippen molar-refractivity contribution >= 4 is 46.5 Å². The number of carbonyl (C=O) groups is 3. The molecule has 0 radical (unpaired) electrons. The van der Waals surface area contributed by atoms with Gasteiger partial charge in [0.1, 0.15) is 5.02 Å². The Labute approximate surface area is 224 Å². The number of alkyl halides is 6. The Kier molecular flexibility index (Phi) is 8.50. The van der Waals surface area contributed by atoms with Gasteiger partial charge in [-0.1, -0.05) is 29.8 Å². The molecule has 2 aromatic carbocycles. The third-order valence-corrected chi connectivity index (χ3v) is 6.82. The standard InChI is InChI=1S/C24H16ClF6NO6S/c1-11(33)32(16-7-14(23(26,27)28)6-15(8-16)24(29,30)31)9-12-3-2-4-13(5-12)20-18(25)19(38-10-17(34)35)21(39-20)22(36)37/h2-8H,9-10H2,1H3,(H,34,35)(H,36,37). The lowest BCUT2D eigenvalue weighted by atomic mass is 10.1. The van der Waals surface area contributed by atoms with Gasteiger partial charge >= 0.3 is 24.3 Å². The molecular weight excluding hydrogens is 580 g/mol. The zero-order valence-corrected chi connectivity index (χ0v) is 21.1. The Balaban J connectivity index is 2.05. The molecule has 3 rings (SSSR count). The van der Waals surface area contributed by atoms with Crippen LogP contribution in [0.5, 0.6) is 5.75 Å². The van der Waals surface area contributed by atoms with Crippen LogP contribution in [0.3, 0.4) is 0 Å². The fourth-order valence-electron chi connectivity index (χ4n) is 3.46. The van der Waals surface area contributed by atoms with Gasteiger partial charge in [-0.3, -0.25) is 4.79 Å². The number of hydrogen-bond acceptors (Lipinski definition) is 5. The summed E-state index contributed by atoms with van der Waals surface area (Å²) in [7, 11) is 0. The average Bonchev–Trinajstić information content (AvgIpc) is 3.16. The number of nitrogens with zero attached hydrogens (tertiary/aromatic N) is 1. The van der Waals surface area contributed by atoms with Crippen molar-refractivity contribution in [1.82, 2.24) is 0 Å². The molecule has 0 aliphatic rings. The Morgan fingerprint density at radius 1 is 0.974 bits per heavy atom. The van der Waals surface area contributed by atoms with Crippen LogP contribution in [0.1, 0.15) is 33.3 Å². The smallest absolute Gasteiger partial charge is 0.416 e. The van der Waals surface area contributed by atoms with Crippen LogP contribution in [0.2, 0.25) is 5.02 Å². The summed E-state index contributed by atoms with van der Waals surface area (Å²) in [6.07, 6.45) is -10.2. The molecule has 0 aliphatic heterocycles. The number of benzene rings is 2. The van der Waals surface area contributed by atoms with Crippen molar-refractivity contribution in [2.24, 2.45) is 0 Å². The number of ether oxygens (including phenoxy) is 1. The van der Waals surface area contributed by atoms with Crippen LogP contribution in [-0.2, 0) is 28.5 Å². The van der Waals surface area contributed by atoms with Crippen LogP contribution in [0, 0.1) is 0 Å². The zero-order chi connectivity index (χ0) is 29.3. The molecule has 7 nitrogen and oxygen atoms in total. The van der Waals surface area contributed by atoms with E-state index >= 15 is 0 Å². The van der Waals surface area contributed by atoms with Gasteiger partial charge in [-0.25, -0.2) is 9.59 Å². The van der Waals surface area contributed by atoms with Crippen molar-refractivity contribution in [2.75, 3.05) is 11.5 Å². The van der Waals surface area contributed by atoms with E-state index in [4.69, 9.17) is 21.4 Å². The summed E-state index contributed by atoms with van der Waals surface area (Å²) in [5.74, 6) is -4.06. The van der Waals surface area contributed by atoms with Crippen molar-refractivity contribution in [2.45, 2.75) is 25.8 Å². The molecule has 1 heterocycles. The maximum absolute atomic E-state index is 13.3. The van der Waals surface area contributed by atoms with Crippen LogP contribution in [0.4, 0.5) is 32.0 Å². The SMILES string of the molecule is CC(=O)N(Cc1cccc(-c2sc(C(=O)O)c(OCC(=O)O)c2Cl)c1)c1cc(C(F)(F)F)cc(C(F)(F)F)c1. The highest BCUT2D eigenvalue weighted by molar-refractivity contribution is 7.18. The van der Waals surface area contributed by atoms with Gasteiger partial charge in [-0.15, -0.1) is 11.3 Å². The molecule has 0 unspecified atom stereocenters. The second kappa shape index (κ2) is 11.1. The summed E-state index contributed by atoms with van der Waals surface area (Å²) in [5.41, 5.74) is -3.29. The van der Waals surface area contributed by atoms with Gasteiger partial charge in [0.05, 0.1) is 22.5 Å². The summed E-state index contributed by atoms with van der Waals surface area (Å²) in [6.45, 7) is -0.349. The third kappa shape index (κ3) is 7.00. The number of carbonyl (C=O) groups excluding carboxylic acids is 1. The predicted molar refractivity (Wildman–Crippen MR) is 128 cm³/mol. The van der Waals surface area contributed by atoms with E-state index in [0.717, 1.165) is 11.8 Å². The van der Waals surface area contributed by atoms with Crippen LogP contribution in [0.25, 0.3) is 10.4 Å². The maximum atomic E-state index is 13.3. The number of hydrogen-bond donors (Lipinski definition) is 2. The molecule has 1 amide bonds. The van der Waals surface area contributed by atoms with Gasteiger partial charge in [0.15, 0.2) is 17.2 Å². The molecule has 3 aromatic rings. The molecule has 0 bridgehead atoms. The highest BCUT2D eigenvalue weighted by Crippen LogP contribution is 2.46. The fourth-order valence-corrected chi connectivity index (χ4v) is 4.86. The van der Waals surface area contributed by atoms with E-state index in [9.17, 15) is 45.8 Å². The first-order valence-corrected chi connectivity index (χ1v) is 11.8. The van der Waals surface area contributed by atoms with Crippen molar-refractivity contribution < 1.29 is 55.7 Å². The van der Waals surface area contributed by atoms with Crippen molar-refractivity contribution in [3.63, 3.8) is 0 Å². The summed E-state index contributed by atoms with van der Waals surface area (Å²) in [4.78, 5) is 35.3. The number of aromatic carboxylic acids is 1. The molecule has 0 saturated carbocycles. The molecule has 2 N–H and O–H groups in total. The molecule has 208 valence electrons. The van der Waals surface area contributed by atoms with E-state index < -0.39 is 65.0 Å². The first-order valence-electron chi connectivity index (χ1n) is 10.6. The largest absolute Gasteiger partial charge is 0.479 e. The second-order valence-corrected chi connectivity index (χ2v) is 9.36. The number of rotatable bonds is 8. The lowest BCUT2D eigenvalue weighted by Gasteiger charge is -2.24. The van der Waals surface area contributed by atoms with E-state index in [1.807, 2.05) is 0 Å². The predicted octanol–water partition coefficient (Wildman–Crippen LogP) is 6.82. The van der Waals surface area contributed by atoms with Gasteiger partial charge in [0, 0.05) is 12.6 Å². The lowest BCUT2D eigenvalue weighted by molar-refractivity contribution is -0.143. The normalized spacial score (nSPS) is 11.8. The number of halogens is 7. The molecule has 0 saturated heterocycles.